The Hall–Kier alpha value is -1.20. The molecule has 0 aromatic carbocycles. The Balaban J connectivity index is 2.04. The molecule has 24 heavy (non-hydrogen) atoms. The topological polar surface area (TPSA) is 104 Å². The van der Waals surface area contributed by atoms with Gasteiger partial charge in [-0.05, 0) is 12.1 Å². The Morgan fingerprint density at radius 1 is 1.50 bits per heavy atom. The second-order valence-electron chi connectivity index (χ2n) is 5.30. The highest BCUT2D eigenvalue weighted by Crippen LogP contribution is 2.23. The zero-order valence-electron chi connectivity index (χ0n) is 12.8. The number of carbonyl (C=O) groups is 2. The molecule has 0 spiro atoms. The highest BCUT2D eigenvalue weighted by atomic mass is 35.5. The molecule has 1 aliphatic rings. The maximum Gasteiger partial charge on any atom is 0.318 e. The number of sulfonamides is 1. The maximum absolute atomic E-state index is 12.4. The summed E-state index contributed by atoms with van der Waals surface area (Å²) in [5.74, 6) is -1.46. The number of hydrogen-bond acceptors (Lipinski definition) is 6. The fourth-order valence-corrected chi connectivity index (χ4v) is 4.09. The van der Waals surface area contributed by atoms with Crippen molar-refractivity contribution in [3.8, 4) is 0 Å². The zero-order chi connectivity index (χ0) is 17.9. The van der Waals surface area contributed by atoms with Gasteiger partial charge in [-0.1, -0.05) is 11.6 Å². The first-order valence-corrected chi connectivity index (χ1v) is 10.0. The van der Waals surface area contributed by atoms with E-state index in [4.69, 9.17) is 21.4 Å². The smallest absolute Gasteiger partial charge is 0.318 e. The van der Waals surface area contributed by atoms with Crippen LogP contribution in [-0.4, -0.2) is 79.8 Å². The Morgan fingerprint density at radius 3 is 2.75 bits per heavy atom. The van der Waals surface area contributed by atoms with Gasteiger partial charge in [0.2, 0.25) is 10.0 Å². The molecule has 1 atom stereocenters. The number of rotatable bonds is 6. The van der Waals surface area contributed by atoms with Crippen LogP contribution < -0.4 is 0 Å². The summed E-state index contributed by atoms with van der Waals surface area (Å²) in [6.45, 7) is 0.0378. The molecule has 1 fully saturated rings. The number of halogens is 1. The van der Waals surface area contributed by atoms with E-state index in [0.717, 1.165) is 10.6 Å². The third-order valence-electron chi connectivity index (χ3n) is 3.40. The average Bonchev–Trinajstić information content (AvgIpc) is 2.91. The summed E-state index contributed by atoms with van der Waals surface area (Å²) in [6, 6.07) is 3.27. The van der Waals surface area contributed by atoms with Crippen LogP contribution in [0.4, 0.5) is 0 Å². The molecule has 0 radical (unpaired) electrons. The quantitative estimate of drug-likeness (QED) is 0.754. The van der Waals surface area contributed by atoms with Gasteiger partial charge in [-0.25, -0.2) is 8.42 Å². The molecule has 1 saturated heterocycles. The van der Waals surface area contributed by atoms with Gasteiger partial charge in [0.25, 0.3) is 5.91 Å². The summed E-state index contributed by atoms with van der Waals surface area (Å²) in [7, 11) is -3.69. The molecule has 1 aromatic rings. The van der Waals surface area contributed by atoms with Crippen molar-refractivity contribution in [1.82, 2.24) is 9.21 Å². The summed E-state index contributed by atoms with van der Waals surface area (Å²) in [5, 5.41) is 8.85. The molecule has 1 unspecified atom stereocenters. The molecule has 2 rings (SSSR count). The lowest BCUT2D eigenvalue weighted by Crippen LogP contribution is -2.51. The SMILES string of the molecule is CS(=O)(=O)N(CC(=O)O)CC1CN(C(=O)c2ccc(Cl)s2)CCO1. The van der Waals surface area contributed by atoms with Crippen molar-refractivity contribution in [2.45, 2.75) is 6.10 Å². The molecule has 1 amide bonds. The number of nitrogens with zero attached hydrogens (tertiary/aromatic N) is 2. The van der Waals surface area contributed by atoms with Crippen molar-refractivity contribution in [1.29, 1.82) is 0 Å². The molecule has 134 valence electrons. The fraction of sp³-hybridized carbons (Fsp3) is 0.538. The minimum absolute atomic E-state index is 0.125. The van der Waals surface area contributed by atoms with Crippen molar-refractivity contribution in [2.75, 3.05) is 39.0 Å². The first-order valence-electron chi connectivity index (χ1n) is 7.00. The van der Waals surface area contributed by atoms with Crippen molar-refractivity contribution in [3.05, 3.63) is 21.3 Å². The number of carbonyl (C=O) groups excluding carboxylic acids is 1. The Bertz CT molecular complexity index is 720. The number of morpholine rings is 1. The summed E-state index contributed by atoms with van der Waals surface area (Å²) in [5.41, 5.74) is 0. The predicted octanol–water partition coefficient (Wildman–Crippen LogP) is 0.589. The molecule has 1 N–H and O–H groups in total. The molecule has 0 bridgehead atoms. The summed E-state index contributed by atoms with van der Waals surface area (Å²) in [6.07, 6.45) is 0.349. The lowest BCUT2D eigenvalue weighted by atomic mass is 10.2. The third kappa shape index (κ3) is 5.15. The predicted molar refractivity (Wildman–Crippen MR) is 89.0 cm³/mol. The van der Waals surface area contributed by atoms with E-state index in [2.05, 4.69) is 0 Å². The summed E-state index contributed by atoms with van der Waals surface area (Å²) < 4.78 is 30.2. The summed E-state index contributed by atoms with van der Waals surface area (Å²) >= 11 is 7.00. The summed E-state index contributed by atoms with van der Waals surface area (Å²) in [4.78, 5) is 25.3. The van der Waals surface area contributed by atoms with E-state index in [1.807, 2.05) is 0 Å². The van der Waals surface area contributed by atoms with Crippen LogP contribution in [0.3, 0.4) is 0 Å². The van der Waals surface area contributed by atoms with Gasteiger partial charge >= 0.3 is 5.97 Å². The molecule has 11 heteroatoms. The standard InChI is InChI=1S/C13H17ClN2O6S2/c1-24(20,21)16(8-12(17)18)7-9-6-15(4-5-22-9)13(19)10-2-3-11(14)23-10/h2-3,9H,4-8H2,1H3,(H,17,18). The lowest BCUT2D eigenvalue weighted by molar-refractivity contribution is -0.137. The minimum atomic E-state index is -3.69. The molecule has 8 nitrogen and oxygen atoms in total. The number of carboxylic acid groups (broad SMARTS) is 1. The van der Waals surface area contributed by atoms with E-state index in [0.29, 0.717) is 15.8 Å². The van der Waals surface area contributed by atoms with Crippen molar-refractivity contribution in [3.63, 3.8) is 0 Å². The van der Waals surface area contributed by atoms with Crippen LogP contribution in [0, 0.1) is 0 Å². The van der Waals surface area contributed by atoms with Crippen molar-refractivity contribution >= 4 is 44.8 Å². The minimum Gasteiger partial charge on any atom is -0.480 e. The number of ether oxygens (including phenoxy) is 1. The number of aliphatic carboxylic acids is 1. The molecular weight excluding hydrogens is 380 g/mol. The first kappa shape index (κ1) is 19.1. The van der Waals surface area contributed by atoms with Gasteiger partial charge in [0.15, 0.2) is 0 Å². The lowest BCUT2D eigenvalue weighted by Gasteiger charge is -2.34. The van der Waals surface area contributed by atoms with Gasteiger partial charge in [-0.2, -0.15) is 4.31 Å². The highest BCUT2D eigenvalue weighted by molar-refractivity contribution is 7.88. The van der Waals surface area contributed by atoms with Gasteiger partial charge < -0.3 is 14.7 Å². The number of thiophene rings is 1. The van der Waals surface area contributed by atoms with Crippen molar-refractivity contribution < 1.29 is 27.9 Å². The van der Waals surface area contributed by atoms with E-state index < -0.39 is 28.6 Å². The van der Waals surface area contributed by atoms with E-state index in [9.17, 15) is 18.0 Å². The first-order chi connectivity index (χ1) is 11.2. The van der Waals surface area contributed by atoms with Crippen LogP contribution in [0.5, 0.6) is 0 Å². The van der Waals surface area contributed by atoms with Gasteiger partial charge in [0.05, 0.1) is 28.2 Å². The van der Waals surface area contributed by atoms with Gasteiger partial charge in [-0.3, -0.25) is 9.59 Å². The van der Waals surface area contributed by atoms with Gasteiger partial charge in [-0.15, -0.1) is 11.3 Å². The molecule has 1 aliphatic heterocycles. The van der Waals surface area contributed by atoms with Crippen LogP contribution in [0.1, 0.15) is 9.67 Å². The number of hydrogen-bond donors (Lipinski definition) is 1. The van der Waals surface area contributed by atoms with E-state index >= 15 is 0 Å². The normalized spacial score (nSPS) is 18.8. The Kier molecular flexibility index (Phi) is 6.21. The van der Waals surface area contributed by atoms with Gasteiger partial charge in [0.1, 0.15) is 6.54 Å². The monoisotopic (exact) mass is 396 g/mol. The Morgan fingerprint density at radius 2 is 2.21 bits per heavy atom. The second kappa shape index (κ2) is 7.79. The van der Waals surface area contributed by atoms with Gasteiger partial charge in [0, 0.05) is 19.6 Å². The van der Waals surface area contributed by atoms with Crippen LogP contribution in [0.25, 0.3) is 0 Å². The van der Waals surface area contributed by atoms with Crippen LogP contribution in [-0.2, 0) is 19.6 Å². The maximum atomic E-state index is 12.4. The van der Waals surface area contributed by atoms with Crippen LogP contribution in [0.2, 0.25) is 4.34 Å². The molecule has 1 aromatic heterocycles. The van der Waals surface area contributed by atoms with Crippen molar-refractivity contribution in [2.24, 2.45) is 0 Å². The van der Waals surface area contributed by atoms with E-state index in [-0.39, 0.29) is 25.6 Å². The zero-order valence-corrected chi connectivity index (χ0v) is 15.2. The largest absolute Gasteiger partial charge is 0.480 e. The van der Waals surface area contributed by atoms with E-state index in [1.54, 1.807) is 17.0 Å². The Labute approximate surface area is 148 Å². The molecule has 0 saturated carbocycles. The highest BCUT2D eigenvalue weighted by Gasteiger charge is 2.30. The molecule has 0 aliphatic carbocycles. The third-order valence-corrected chi connectivity index (χ3v) is 5.83. The van der Waals surface area contributed by atoms with Crippen LogP contribution in [0.15, 0.2) is 12.1 Å². The molecular formula is C13H17ClN2O6S2. The second-order valence-corrected chi connectivity index (χ2v) is 8.99. The molecule has 2 heterocycles. The van der Waals surface area contributed by atoms with E-state index in [1.165, 1.54) is 11.3 Å². The number of amides is 1. The van der Waals surface area contributed by atoms with Crippen LogP contribution >= 0.6 is 22.9 Å². The number of carboxylic acids is 1. The average molecular weight is 397 g/mol. The fourth-order valence-electron chi connectivity index (χ4n) is 2.29.